The Morgan fingerprint density at radius 3 is 2.48 bits per heavy atom. The van der Waals surface area contributed by atoms with Crippen molar-refractivity contribution in [3.05, 3.63) is 28.5 Å². The molecule has 0 saturated heterocycles. The van der Waals surface area contributed by atoms with Crippen LogP contribution in [0.4, 0.5) is 13.2 Å². The molecule has 0 aliphatic heterocycles. The second kappa shape index (κ2) is 6.22. The summed E-state index contributed by atoms with van der Waals surface area (Å²) in [5.74, 6) is -1.64. The number of aromatic nitrogens is 1. The molecule has 2 rings (SSSR count). The Bertz CT molecular complexity index is 525. The Kier molecular flexibility index (Phi) is 4.76. The van der Waals surface area contributed by atoms with Crippen molar-refractivity contribution >= 4 is 17.5 Å². The van der Waals surface area contributed by atoms with Gasteiger partial charge >= 0.3 is 6.18 Å². The first-order valence-electron chi connectivity index (χ1n) is 6.77. The van der Waals surface area contributed by atoms with Gasteiger partial charge in [-0.15, -0.1) is 0 Å². The van der Waals surface area contributed by atoms with Gasteiger partial charge in [0.15, 0.2) is 0 Å². The third kappa shape index (κ3) is 4.09. The van der Waals surface area contributed by atoms with Crippen molar-refractivity contribution in [2.45, 2.75) is 44.8 Å². The topological polar surface area (TPSA) is 42.0 Å². The maximum absolute atomic E-state index is 12.6. The first kappa shape index (κ1) is 16.1. The zero-order chi connectivity index (χ0) is 15.6. The van der Waals surface area contributed by atoms with E-state index >= 15 is 0 Å². The third-order valence-corrected chi connectivity index (χ3v) is 4.07. The molecule has 1 aliphatic carbocycles. The van der Waals surface area contributed by atoms with E-state index in [1.807, 2.05) is 0 Å². The molecule has 1 heterocycles. The summed E-state index contributed by atoms with van der Waals surface area (Å²) in [7, 11) is 0. The van der Waals surface area contributed by atoms with Crippen LogP contribution in [0.15, 0.2) is 12.3 Å². The van der Waals surface area contributed by atoms with Gasteiger partial charge in [0.2, 0.25) is 0 Å². The number of pyridine rings is 1. The van der Waals surface area contributed by atoms with Crippen LogP contribution in [-0.2, 0) is 0 Å². The maximum atomic E-state index is 12.6. The number of rotatable bonds is 2. The zero-order valence-corrected chi connectivity index (χ0v) is 12.3. The van der Waals surface area contributed by atoms with E-state index in [1.54, 1.807) is 13.0 Å². The van der Waals surface area contributed by atoms with Gasteiger partial charge in [-0.05, 0) is 38.7 Å². The summed E-state index contributed by atoms with van der Waals surface area (Å²) < 4.78 is 37.7. The molecule has 1 aliphatic rings. The van der Waals surface area contributed by atoms with Gasteiger partial charge in [0.25, 0.3) is 5.91 Å². The molecule has 0 radical (unpaired) electrons. The molecule has 0 unspecified atom stereocenters. The summed E-state index contributed by atoms with van der Waals surface area (Å²) in [6.45, 7) is 1.76. The minimum atomic E-state index is -4.14. The van der Waals surface area contributed by atoms with E-state index in [0.29, 0.717) is 23.6 Å². The minimum Gasteiger partial charge on any atom is -0.349 e. The maximum Gasteiger partial charge on any atom is 0.391 e. The molecule has 116 valence electrons. The molecule has 1 aromatic heterocycles. The van der Waals surface area contributed by atoms with E-state index in [9.17, 15) is 18.0 Å². The number of carbonyl (C=O) groups is 1. The van der Waals surface area contributed by atoms with Crippen molar-refractivity contribution in [3.8, 4) is 0 Å². The fraction of sp³-hybridized carbons (Fsp3) is 0.571. The molecule has 21 heavy (non-hydrogen) atoms. The number of hydrogen-bond acceptors (Lipinski definition) is 2. The number of carbonyl (C=O) groups excluding carboxylic acids is 1. The lowest BCUT2D eigenvalue weighted by Gasteiger charge is -2.30. The van der Waals surface area contributed by atoms with Crippen molar-refractivity contribution in [2.75, 3.05) is 0 Å². The van der Waals surface area contributed by atoms with Crippen LogP contribution in [0.1, 0.15) is 41.7 Å². The van der Waals surface area contributed by atoms with Gasteiger partial charge in [0.05, 0.1) is 16.5 Å². The van der Waals surface area contributed by atoms with E-state index in [1.165, 1.54) is 6.20 Å². The number of alkyl halides is 3. The number of aryl methyl sites for hydroxylation is 1. The van der Waals surface area contributed by atoms with Crippen molar-refractivity contribution in [3.63, 3.8) is 0 Å². The van der Waals surface area contributed by atoms with Crippen molar-refractivity contribution in [1.82, 2.24) is 10.3 Å². The third-order valence-electron chi connectivity index (χ3n) is 3.76. The molecular formula is C14H16ClF3N2O. The number of halogens is 4. The van der Waals surface area contributed by atoms with Gasteiger partial charge in [-0.1, -0.05) is 11.6 Å². The Hall–Kier alpha value is -1.30. The van der Waals surface area contributed by atoms with Gasteiger partial charge in [-0.3, -0.25) is 9.78 Å². The van der Waals surface area contributed by atoms with Crippen LogP contribution in [-0.4, -0.2) is 23.1 Å². The molecule has 1 saturated carbocycles. The Morgan fingerprint density at radius 1 is 1.33 bits per heavy atom. The van der Waals surface area contributed by atoms with Crippen molar-refractivity contribution < 1.29 is 18.0 Å². The summed E-state index contributed by atoms with van der Waals surface area (Å²) in [4.78, 5) is 16.1. The highest BCUT2D eigenvalue weighted by Crippen LogP contribution is 2.37. The first-order valence-corrected chi connectivity index (χ1v) is 7.15. The van der Waals surface area contributed by atoms with Crippen LogP contribution in [0.25, 0.3) is 0 Å². The molecule has 3 nitrogen and oxygen atoms in total. The zero-order valence-electron chi connectivity index (χ0n) is 11.5. The van der Waals surface area contributed by atoms with Crippen LogP contribution in [0.3, 0.4) is 0 Å². The lowest BCUT2D eigenvalue weighted by molar-refractivity contribution is -0.182. The number of amides is 1. The Morgan fingerprint density at radius 2 is 1.95 bits per heavy atom. The highest BCUT2D eigenvalue weighted by Gasteiger charge is 2.41. The smallest absolute Gasteiger partial charge is 0.349 e. The van der Waals surface area contributed by atoms with Gasteiger partial charge < -0.3 is 5.32 Å². The molecule has 1 aromatic rings. The standard InChI is InChI=1S/C14H16ClF3N2O/c1-8-6-12(15)11(7-19-8)13(21)20-10-4-2-9(3-5-10)14(16,17)18/h6-7,9-10H,2-5H2,1H3,(H,20,21). The fourth-order valence-corrected chi connectivity index (χ4v) is 2.81. The van der Waals surface area contributed by atoms with Crippen molar-refractivity contribution in [1.29, 1.82) is 0 Å². The van der Waals surface area contributed by atoms with E-state index < -0.39 is 12.1 Å². The van der Waals surface area contributed by atoms with Crippen LogP contribution >= 0.6 is 11.6 Å². The second-order valence-corrected chi connectivity index (χ2v) is 5.78. The molecule has 1 amide bonds. The predicted octanol–water partition coefficient (Wildman–Crippen LogP) is 3.89. The molecule has 1 N–H and O–H groups in total. The average Bonchev–Trinajstić information content (AvgIpc) is 2.38. The van der Waals surface area contributed by atoms with Gasteiger partial charge in [0, 0.05) is 17.9 Å². The molecule has 0 aromatic carbocycles. The average molecular weight is 321 g/mol. The fourth-order valence-electron chi connectivity index (χ4n) is 2.52. The predicted molar refractivity (Wildman–Crippen MR) is 73.3 cm³/mol. The molecule has 0 bridgehead atoms. The summed E-state index contributed by atoms with van der Waals surface area (Å²) in [6.07, 6.45) is -2.00. The first-order chi connectivity index (χ1) is 9.77. The van der Waals surface area contributed by atoms with Gasteiger partial charge in [-0.2, -0.15) is 13.2 Å². The summed E-state index contributed by atoms with van der Waals surface area (Å²) >= 11 is 5.98. The van der Waals surface area contributed by atoms with Crippen LogP contribution < -0.4 is 5.32 Å². The minimum absolute atomic E-state index is 0.0499. The van der Waals surface area contributed by atoms with E-state index in [2.05, 4.69) is 10.3 Å². The van der Waals surface area contributed by atoms with Crippen molar-refractivity contribution in [2.24, 2.45) is 5.92 Å². The second-order valence-electron chi connectivity index (χ2n) is 5.37. The van der Waals surface area contributed by atoms with Gasteiger partial charge in [0.1, 0.15) is 0 Å². The van der Waals surface area contributed by atoms with Crippen LogP contribution in [0, 0.1) is 12.8 Å². The normalized spacial score (nSPS) is 22.9. The highest BCUT2D eigenvalue weighted by molar-refractivity contribution is 6.33. The molecule has 0 spiro atoms. The summed E-state index contributed by atoms with van der Waals surface area (Å²) in [5.41, 5.74) is 0.947. The van der Waals surface area contributed by atoms with E-state index in [0.717, 1.165) is 0 Å². The van der Waals surface area contributed by atoms with Gasteiger partial charge in [-0.25, -0.2) is 0 Å². The Labute approximate surface area is 125 Å². The highest BCUT2D eigenvalue weighted by atomic mass is 35.5. The molecule has 0 atom stereocenters. The van der Waals surface area contributed by atoms with E-state index in [-0.39, 0.29) is 30.4 Å². The van der Waals surface area contributed by atoms with Crippen LogP contribution in [0.5, 0.6) is 0 Å². The largest absolute Gasteiger partial charge is 0.391 e. The Balaban J connectivity index is 1.93. The number of hydrogen-bond donors (Lipinski definition) is 1. The molecule has 1 fully saturated rings. The lowest BCUT2D eigenvalue weighted by atomic mass is 9.85. The molecule has 7 heteroatoms. The number of nitrogens with one attached hydrogen (secondary N) is 1. The lowest BCUT2D eigenvalue weighted by Crippen LogP contribution is -2.40. The van der Waals surface area contributed by atoms with Crippen LogP contribution in [0.2, 0.25) is 5.02 Å². The monoisotopic (exact) mass is 320 g/mol. The summed E-state index contributed by atoms with van der Waals surface area (Å²) in [6, 6.07) is 1.34. The van der Waals surface area contributed by atoms with E-state index in [4.69, 9.17) is 11.6 Å². The quantitative estimate of drug-likeness (QED) is 0.898. The number of nitrogens with zero attached hydrogens (tertiary/aromatic N) is 1. The molecular weight excluding hydrogens is 305 g/mol. The SMILES string of the molecule is Cc1cc(Cl)c(C(=O)NC2CCC(C(F)(F)F)CC2)cn1. The summed E-state index contributed by atoms with van der Waals surface area (Å²) in [5, 5.41) is 3.03.